The topological polar surface area (TPSA) is 42.4 Å². The van der Waals surface area contributed by atoms with Gasteiger partial charge in [-0.3, -0.25) is 0 Å². The Hall–Kier alpha value is -1.27. The molecule has 0 saturated carbocycles. The molecule has 0 aliphatic rings. The van der Waals surface area contributed by atoms with Crippen LogP contribution < -0.4 is 4.74 Å². The van der Waals surface area contributed by atoms with Crippen LogP contribution in [0, 0.1) is 0 Å². The van der Waals surface area contributed by atoms with Gasteiger partial charge < -0.3 is 9.84 Å². The van der Waals surface area contributed by atoms with E-state index in [2.05, 4.69) is 4.98 Å². The summed E-state index contributed by atoms with van der Waals surface area (Å²) in [5, 5.41) is 8.22. The van der Waals surface area contributed by atoms with Crippen molar-refractivity contribution >= 4 is 11.6 Å². The lowest BCUT2D eigenvalue weighted by atomic mass is 10.3. The highest BCUT2D eigenvalue weighted by Crippen LogP contribution is 2.32. The number of pyridine rings is 1. The van der Waals surface area contributed by atoms with Gasteiger partial charge in [-0.05, 0) is 12.1 Å². The van der Waals surface area contributed by atoms with E-state index in [1.54, 1.807) is 0 Å². The molecular weight excluding hydrogens is 259 g/mol. The van der Waals surface area contributed by atoms with E-state index in [1.165, 1.54) is 12.2 Å². The fraction of sp³-hybridized carbons (Fsp3) is 0.300. The van der Waals surface area contributed by atoms with E-state index < -0.39 is 11.7 Å². The number of rotatable bonds is 4. The first kappa shape index (κ1) is 13.8. The minimum absolute atomic E-state index is 0.0681. The van der Waals surface area contributed by atoms with E-state index in [1.807, 2.05) is 0 Å². The zero-order valence-corrected chi connectivity index (χ0v) is 9.29. The largest absolute Gasteiger partial charge is 0.472 e. The van der Waals surface area contributed by atoms with Gasteiger partial charge >= 0.3 is 6.18 Å². The maximum Gasteiger partial charge on any atom is 0.417 e. The van der Waals surface area contributed by atoms with Gasteiger partial charge in [-0.15, -0.1) is 0 Å². The van der Waals surface area contributed by atoms with Crippen LogP contribution >= 0.6 is 11.6 Å². The molecule has 0 aliphatic carbocycles. The number of halogens is 4. The van der Waals surface area contributed by atoms with Gasteiger partial charge in [0, 0.05) is 6.20 Å². The van der Waals surface area contributed by atoms with Crippen LogP contribution in [0.15, 0.2) is 24.4 Å². The van der Waals surface area contributed by atoms with Crippen LogP contribution in [0.4, 0.5) is 13.2 Å². The number of aromatic nitrogens is 1. The second kappa shape index (κ2) is 5.88. The minimum atomic E-state index is -4.48. The maximum atomic E-state index is 12.3. The summed E-state index contributed by atoms with van der Waals surface area (Å²) in [6.45, 7) is -0.0732. The van der Waals surface area contributed by atoms with Crippen LogP contribution in [-0.2, 0) is 6.18 Å². The van der Waals surface area contributed by atoms with Gasteiger partial charge in [0.15, 0.2) is 0 Å². The second-order valence-corrected chi connectivity index (χ2v) is 3.38. The summed E-state index contributed by atoms with van der Waals surface area (Å²) in [4.78, 5) is 3.47. The van der Waals surface area contributed by atoms with Gasteiger partial charge in [-0.2, -0.15) is 13.2 Å². The van der Waals surface area contributed by atoms with Crippen molar-refractivity contribution in [1.29, 1.82) is 0 Å². The van der Waals surface area contributed by atoms with Gasteiger partial charge in [0.25, 0.3) is 0 Å². The highest BCUT2D eigenvalue weighted by Gasteiger charge is 2.31. The molecule has 0 amide bonds. The molecule has 0 bridgehead atoms. The summed E-state index contributed by atoms with van der Waals surface area (Å²) in [5.41, 5.74) is -0.930. The molecule has 17 heavy (non-hydrogen) atoms. The maximum absolute atomic E-state index is 12.3. The molecule has 3 nitrogen and oxygen atoms in total. The van der Waals surface area contributed by atoms with Crippen molar-refractivity contribution in [3.63, 3.8) is 0 Å². The van der Waals surface area contributed by atoms with Crippen molar-refractivity contribution in [3.8, 4) is 5.88 Å². The summed E-state index contributed by atoms with van der Waals surface area (Å²) in [5.74, 6) is -0.0812. The molecule has 94 valence electrons. The summed E-state index contributed by atoms with van der Waals surface area (Å²) in [7, 11) is 0. The van der Waals surface area contributed by atoms with E-state index >= 15 is 0 Å². The van der Waals surface area contributed by atoms with Gasteiger partial charge in [-0.25, -0.2) is 4.98 Å². The highest BCUT2D eigenvalue weighted by atomic mass is 35.5. The summed E-state index contributed by atoms with van der Waals surface area (Å²) < 4.78 is 41.8. The summed E-state index contributed by atoms with van der Waals surface area (Å²) in [6, 6.07) is 0.750. The first-order valence-corrected chi connectivity index (χ1v) is 4.94. The van der Waals surface area contributed by atoms with Crippen molar-refractivity contribution < 1.29 is 23.0 Å². The Kier molecular flexibility index (Phi) is 4.77. The number of hydrogen-bond donors (Lipinski definition) is 1. The molecule has 1 rings (SSSR count). The molecule has 0 aromatic carbocycles. The van der Waals surface area contributed by atoms with Crippen LogP contribution in [0.5, 0.6) is 5.88 Å². The predicted molar refractivity (Wildman–Crippen MR) is 56.0 cm³/mol. The van der Waals surface area contributed by atoms with E-state index in [4.69, 9.17) is 21.4 Å². The lowest BCUT2D eigenvalue weighted by molar-refractivity contribution is -0.137. The smallest absolute Gasteiger partial charge is 0.417 e. The Bertz CT molecular complexity index is 407. The number of nitrogens with zero attached hydrogens (tertiary/aromatic N) is 1. The van der Waals surface area contributed by atoms with Gasteiger partial charge in [-0.1, -0.05) is 17.7 Å². The number of ether oxygens (including phenoxy) is 1. The first-order chi connectivity index (χ1) is 7.95. The van der Waals surface area contributed by atoms with Gasteiger partial charge in [0.1, 0.15) is 11.6 Å². The Morgan fingerprint density at radius 2 is 2.12 bits per heavy atom. The van der Waals surface area contributed by atoms with Gasteiger partial charge in [0.2, 0.25) is 5.88 Å². The van der Waals surface area contributed by atoms with E-state index in [0.29, 0.717) is 6.20 Å². The molecule has 1 aromatic heterocycles. The lowest BCUT2D eigenvalue weighted by Gasteiger charge is -2.09. The Morgan fingerprint density at radius 3 is 2.65 bits per heavy atom. The Morgan fingerprint density at radius 1 is 1.41 bits per heavy atom. The van der Waals surface area contributed by atoms with E-state index in [-0.39, 0.29) is 24.1 Å². The monoisotopic (exact) mass is 267 g/mol. The zero-order valence-electron chi connectivity index (χ0n) is 8.54. The Balaban J connectivity index is 2.73. The second-order valence-electron chi connectivity index (χ2n) is 2.97. The zero-order chi connectivity index (χ0) is 12.9. The van der Waals surface area contributed by atoms with Crippen LogP contribution in [-0.4, -0.2) is 23.3 Å². The number of hydrogen-bond acceptors (Lipinski definition) is 3. The van der Waals surface area contributed by atoms with Crippen molar-refractivity contribution in [2.75, 3.05) is 13.2 Å². The fourth-order valence-corrected chi connectivity index (χ4v) is 1.18. The standard InChI is InChI=1S/C10H9ClF3NO2/c11-8-5-7(10(12,13)14)6-15-9(8)17-4-2-1-3-16/h1-2,5-6,16H,3-4H2. The van der Waals surface area contributed by atoms with Crippen LogP contribution in [0.3, 0.4) is 0 Å². The average Bonchev–Trinajstić information content (AvgIpc) is 2.24. The SMILES string of the molecule is OCC=CCOc1ncc(C(F)(F)F)cc1Cl. The first-order valence-electron chi connectivity index (χ1n) is 4.56. The summed E-state index contributed by atoms with van der Waals surface area (Å²) in [6.07, 6.45) is -0.906. The van der Waals surface area contributed by atoms with E-state index in [0.717, 1.165) is 6.07 Å². The molecule has 0 spiro atoms. The summed E-state index contributed by atoms with van der Waals surface area (Å²) >= 11 is 5.59. The third kappa shape index (κ3) is 4.24. The molecule has 0 unspecified atom stereocenters. The molecule has 0 aliphatic heterocycles. The Labute approximate surface area is 100 Å². The third-order valence-corrected chi connectivity index (χ3v) is 1.99. The molecule has 0 radical (unpaired) electrons. The van der Waals surface area contributed by atoms with Crippen LogP contribution in [0.1, 0.15) is 5.56 Å². The molecule has 1 heterocycles. The minimum Gasteiger partial charge on any atom is -0.472 e. The average molecular weight is 268 g/mol. The normalized spacial score (nSPS) is 12.1. The molecule has 0 saturated heterocycles. The molecule has 7 heteroatoms. The van der Waals surface area contributed by atoms with Crippen molar-refractivity contribution in [3.05, 3.63) is 35.0 Å². The molecule has 1 N–H and O–H groups in total. The number of aliphatic hydroxyl groups excluding tert-OH is 1. The predicted octanol–water partition coefficient (Wildman–Crippen LogP) is 2.68. The van der Waals surface area contributed by atoms with Crippen LogP contribution in [0.25, 0.3) is 0 Å². The third-order valence-electron chi connectivity index (χ3n) is 1.72. The lowest BCUT2D eigenvalue weighted by Crippen LogP contribution is -2.06. The molecule has 0 atom stereocenters. The number of alkyl halides is 3. The highest BCUT2D eigenvalue weighted by molar-refractivity contribution is 6.31. The quantitative estimate of drug-likeness (QED) is 0.853. The molecule has 1 aromatic rings. The number of aliphatic hydroxyl groups is 1. The molecular formula is C10H9ClF3NO2. The van der Waals surface area contributed by atoms with E-state index in [9.17, 15) is 13.2 Å². The van der Waals surface area contributed by atoms with Crippen molar-refractivity contribution in [2.45, 2.75) is 6.18 Å². The van der Waals surface area contributed by atoms with Crippen molar-refractivity contribution in [1.82, 2.24) is 4.98 Å². The van der Waals surface area contributed by atoms with Crippen molar-refractivity contribution in [2.24, 2.45) is 0 Å². The van der Waals surface area contributed by atoms with Gasteiger partial charge in [0.05, 0.1) is 12.2 Å². The molecule has 0 fully saturated rings. The van der Waals surface area contributed by atoms with Crippen LogP contribution in [0.2, 0.25) is 5.02 Å². The fourth-order valence-electron chi connectivity index (χ4n) is 0.956.